The summed E-state index contributed by atoms with van der Waals surface area (Å²) in [7, 11) is 0. The number of nitrogens with zero attached hydrogens (tertiary/aromatic N) is 4. The van der Waals surface area contributed by atoms with Crippen LogP contribution in [-0.4, -0.2) is 26.2 Å². The number of anilines is 2. The Morgan fingerprint density at radius 1 is 0.423 bits per heavy atom. The average Bonchev–Trinajstić information content (AvgIpc) is 3.16. The second kappa shape index (κ2) is 22.7. The van der Waals surface area contributed by atoms with Crippen molar-refractivity contribution in [2.45, 2.75) is 119 Å². The summed E-state index contributed by atoms with van der Waals surface area (Å²) in [5, 5.41) is 0. The van der Waals surface area contributed by atoms with Crippen molar-refractivity contribution in [2.75, 3.05) is 36.0 Å². The molecule has 4 aromatic rings. The van der Waals surface area contributed by atoms with Crippen LogP contribution in [0.1, 0.15) is 125 Å². The summed E-state index contributed by atoms with van der Waals surface area (Å²) < 4.78 is 4.73. The summed E-state index contributed by atoms with van der Waals surface area (Å²) in [5.41, 5.74) is 10.3. The number of hydrogen-bond acceptors (Lipinski definition) is 2. The second-order valence-corrected chi connectivity index (χ2v) is 14.4. The highest BCUT2D eigenvalue weighted by Crippen LogP contribution is 2.19. The summed E-state index contributed by atoms with van der Waals surface area (Å²) in [6, 6.07) is 22.3. The normalized spacial score (nSPS) is 11.6. The zero-order valence-electron chi connectivity index (χ0n) is 33.5. The van der Waals surface area contributed by atoms with E-state index in [1.165, 1.54) is 109 Å². The minimum Gasteiger partial charge on any atom is -0.372 e. The van der Waals surface area contributed by atoms with E-state index in [1.54, 1.807) is 0 Å². The molecule has 0 amide bonds. The highest BCUT2D eigenvalue weighted by molar-refractivity contribution is 5.72. The number of benzene rings is 2. The molecule has 0 atom stereocenters. The van der Waals surface area contributed by atoms with E-state index >= 15 is 0 Å². The Morgan fingerprint density at radius 2 is 0.750 bits per heavy atom. The van der Waals surface area contributed by atoms with Gasteiger partial charge in [-0.15, -0.1) is 0 Å². The van der Waals surface area contributed by atoms with Crippen LogP contribution in [0.15, 0.2) is 85.5 Å². The number of rotatable bonds is 23. The third-order valence-corrected chi connectivity index (χ3v) is 10.6. The molecular weight excluding hydrogens is 633 g/mol. The number of hydrogen-bond donors (Lipinski definition) is 0. The first-order chi connectivity index (χ1) is 25.4. The lowest BCUT2D eigenvalue weighted by molar-refractivity contribution is -0.697. The van der Waals surface area contributed by atoms with Gasteiger partial charge in [-0.1, -0.05) is 87.1 Å². The van der Waals surface area contributed by atoms with Crippen molar-refractivity contribution < 1.29 is 9.13 Å². The third-order valence-electron chi connectivity index (χ3n) is 10.6. The van der Waals surface area contributed by atoms with Crippen LogP contribution in [0.5, 0.6) is 0 Å². The zero-order valence-corrected chi connectivity index (χ0v) is 33.5. The fraction of sp³-hybridized carbons (Fsp3) is 0.458. The van der Waals surface area contributed by atoms with Gasteiger partial charge in [0.05, 0.1) is 0 Å². The lowest BCUT2D eigenvalue weighted by atomic mass is 10.1. The summed E-state index contributed by atoms with van der Waals surface area (Å²) >= 11 is 0. The molecule has 2 heterocycles. The molecule has 2 aromatic heterocycles. The molecular formula is C48H68N4+2. The Balaban J connectivity index is 1.03. The van der Waals surface area contributed by atoms with Crippen LogP contribution in [0, 0.1) is 13.8 Å². The molecule has 0 radical (unpaired) electrons. The Kier molecular flexibility index (Phi) is 17.7. The zero-order chi connectivity index (χ0) is 37.0. The van der Waals surface area contributed by atoms with Crippen molar-refractivity contribution in [3.05, 3.63) is 119 Å². The van der Waals surface area contributed by atoms with Gasteiger partial charge in [0.2, 0.25) is 0 Å². The van der Waals surface area contributed by atoms with Crippen molar-refractivity contribution in [3.63, 3.8) is 0 Å². The van der Waals surface area contributed by atoms with Crippen molar-refractivity contribution in [1.29, 1.82) is 0 Å². The van der Waals surface area contributed by atoms with Crippen LogP contribution in [0.4, 0.5) is 11.4 Å². The van der Waals surface area contributed by atoms with Crippen LogP contribution >= 0.6 is 0 Å². The van der Waals surface area contributed by atoms with Gasteiger partial charge in [-0.25, -0.2) is 9.13 Å². The van der Waals surface area contributed by atoms with E-state index in [4.69, 9.17) is 0 Å². The smallest absolute Gasteiger partial charge is 0.172 e. The molecule has 4 nitrogen and oxygen atoms in total. The largest absolute Gasteiger partial charge is 0.372 e. The monoisotopic (exact) mass is 701 g/mol. The van der Waals surface area contributed by atoms with Gasteiger partial charge >= 0.3 is 0 Å². The Morgan fingerprint density at radius 3 is 1.06 bits per heavy atom. The topological polar surface area (TPSA) is 14.2 Å². The van der Waals surface area contributed by atoms with Crippen molar-refractivity contribution >= 4 is 35.7 Å². The van der Waals surface area contributed by atoms with Gasteiger partial charge in [0, 0.05) is 73.7 Å². The predicted octanol–water partition coefficient (Wildman–Crippen LogP) is 11.5. The minimum atomic E-state index is 1.04. The van der Waals surface area contributed by atoms with Crippen molar-refractivity contribution in [1.82, 2.24) is 0 Å². The van der Waals surface area contributed by atoms with Crippen LogP contribution < -0.4 is 18.9 Å². The second-order valence-electron chi connectivity index (χ2n) is 14.4. The first-order valence-corrected chi connectivity index (χ1v) is 20.5. The third kappa shape index (κ3) is 13.4. The fourth-order valence-electron chi connectivity index (χ4n) is 7.14. The van der Waals surface area contributed by atoms with Crippen LogP contribution in [0.2, 0.25) is 0 Å². The van der Waals surface area contributed by atoms with Crippen molar-refractivity contribution in [2.24, 2.45) is 0 Å². The lowest BCUT2D eigenvalue weighted by Crippen LogP contribution is -2.33. The highest BCUT2D eigenvalue weighted by atomic mass is 15.1. The Labute approximate surface area is 317 Å². The summed E-state index contributed by atoms with van der Waals surface area (Å²) in [4.78, 5) is 4.76. The van der Waals surface area contributed by atoms with E-state index < -0.39 is 0 Å². The van der Waals surface area contributed by atoms with E-state index in [0.29, 0.717) is 0 Å². The van der Waals surface area contributed by atoms with E-state index in [-0.39, 0.29) is 0 Å². The predicted molar refractivity (Wildman–Crippen MR) is 227 cm³/mol. The van der Waals surface area contributed by atoms with Gasteiger partial charge in [-0.2, -0.15) is 0 Å². The van der Waals surface area contributed by atoms with Gasteiger partial charge in [0.15, 0.2) is 24.8 Å². The van der Waals surface area contributed by atoms with Crippen LogP contribution in [-0.2, 0) is 13.1 Å². The molecule has 0 unspecified atom stereocenters. The maximum Gasteiger partial charge on any atom is 0.172 e. The molecule has 0 spiro atoms. The van der Waals surface area contributed by atoms with Gasteiger partial charge in [-0.05, 0) is 101 Å². The maximum absolute atomic E-state index is 2.38. The van der Waals surface area contributed by atoms with Gasteiger partial charge in [0.25, 0.3) is 0 Å². The van der Waals surface area contributed by atoms with Crippen LogP contribution in [0.25, 0.3) is 24.3 Å². The Hall–Kier alpha value is -4.18. The quantitative estimate of drug-likeness (QED) is 0.0565. The summed E-state index contributed by atoms with van der Waals surface area (Å²) in [5.74, 6) is 0. The van der Waals surface area contributed by atoms with E-state index in [9.17, 15) is 0 Å². The molecule has 2 aromatic carbocycles. The Bertz CT molecular complexity index is 1520. The van der Waals surface area contributed by atoms with E-state index in [2.05, 4.69) is 170 Å². The molecule has 278 valence electrons. The van der Waals surface area contributed by atoms with E-state index in [1.807, 2.05) is 0 Å². The number of aromatic nitrogens is 2. The molecule has 4 heteroatoms. The first-order valence-electron chi connectivity index (χ1n) is 20.5. The first kappa shape index (κ1) is 40.6. The van der Waals surface area contributed by atoms with Gasteiger partial charge in [-0.3, -0.25) is 0 Å². The molecule has 0 aliphatic heterocycles. The molecule has 4 rings (SSSR count). The maximum atomic E-state index is 2.38. The molecule has 0 aliphatic carbocycles. The molecule has 0 saturated carbocycles. The number of unbranched alkanes of at least 4 members (excludes halogenated alkanes) is 9. The molecule has 0 N–H and O–H groups in total. The minimum absolute atomic E-state index is 1.04. The summed E-state index contributed by atoms with van der Waals surface area (Å²) in [6.45, 7) is 19.7. The molecule has 0 bridgehead atoms. The van der Waals surface area contributed by atoms with Gasteiger partial charge in [0.1, 0.15) is 13.1 Å². The molecule has 0 fully saturated rings. The lowest BCUT2D eigenvalue weighted by Gasteiger charge is -2.20. The highest BCUT2D eigenvalue weighted by Gasteiger charge is 2.07. The molecule has 52 heavy (non-hydrogen) atoms. The molecule has 0 aliphatic rings. The van der Waals surface area contributed by atoms with E-state index in [0.717, 1.165) is 39.3 Å². The van der Waals surface area contributed by atoms with Crippen molar-refractivity contribution in [3.8, 4) is 0 Å². The summed E-state index contributed by atoms with van der Waals surface area (Å²) in [6.07, 6.45) is 31.5. The van der Waals surface area contributed by atoms with Crippen LogP contribution in [0.3, 0.4) is 0 Å². The average molecular weight is 701 g/mol. The number of aryl methyl sites for hydroxylation is 4. The SMILES string of the molecule is CCN(CC)c1ccc(/C=C/c2cc[n+](CCCCCCCCCCCC[n+]3ccc(/C=C/c4ccc(N(CC)CC)cc4)c(C)c3)cc2C)cc1. The molecule has 0 saturated heterocycles. The standard InChI is InChI=1S/C48H68N4/c1-7-51(8-2)47-29-23-43(24-30-47)21-27-45-33-37-49(39-41(45)5)35-19-17-15-13-11-12-14-16-18-20-36-50-38-34-46(42(6)40-50)28-22-44-25-31-48(32-26-44)52(9-3)10-4/h21-34,37-40H,7-20,35-36H2,1-6H3/q+2. The number of pyridine rings is 2. The van der Waals surface area contributed by atoms with Gasteiger partial charge < -0.3 is 9.80 Å². The fourth-order valence-corrected chi connectivity index (χ4v) is 7.14.